The molecule has 3 aromatic rings. The van der Waals surface area contributed by atoms with E-state index in [4.69, 9.17) is 23.4 Å². The summed E-state index contributed by atoms with van der Waals surface area (Å²) in [6.07, 6.45) is -15.7. The van der Waals surface area contributed by atoms with Crippen LogP contribution in [0.3, 0.4) is 0 Å². The van der Waals surface area contributed by atoms with E-state index >= 15 is 0 Å². The Morgan fingerprint density at radius 1 is 0.854 bits per heavy atom. The number of phenolic OH excluding ortho intramolecular Hbond substituents is 2. The summed E-state index contributed by atoms with van der Waals surface area (Å²) < 4.78 is 28.3. The lowest BCUT2D eigenvalue weighted by molar-refractivity contribution is -0.348. The molecule has 5 rings (SSSR count). The summed E-state index contributed by atoms with van der Waals surface area (Å²) in [7, 11) is 0. The van der Waals surface area contributed by atoms with Gasteiger partial charge in [0.2, 0.25) is 17.5 Å². The Balaban J connectivity index is 1.44. The Morgan fingerprint density at radius 2 is 1.54 bits per heavy atom. The van der Waals surface area contributed by atoms with Gasteiger partial charge in [-0.15, -0.1) is 0 Å². The van der Waals surface area contributed by atoms with Crippen molar-refractivity contribution in [3.8, 4) is 28.6 Å². The average Bonchev–Trinajstić information content (AvgIpc) is 2.95. The van der Waals surface area contributed by atoms with E-state index in [-0.39, 0.29) is 22.5 Å². The smallest absolute Gasteiger partial charge is 0.239 e. The molecule has 8 N–H and O–H groups in total. The number of hydrogen-bond donors (Lipinski definition) is 8. The zero-order valence-electron chi connectivity index (χ0n) is 21.5. The Hall–Kier alpha value is -3.31. The number of hydrogen-bond acceptors (Lipinski definition) is 14. The number of benzene rings is 2. The Bertz CT molecular complexity index is 1430. The second-order valence-electron chi connectivity index (χ2n) is 9.90. The molecule has 2 aliphatic heterocycles. The molecule has 2 aliphatic rings. The van der Waals surface area contributed by atoms with E-state index in [2.05, 4.69) is 0 Å². The number of phenols is 2. The summed E-state index contributed by atoms with van der Waals surface area (Å²) in [6.45, 7) is 0.742. The number of fused-ring (bicyclic) bond motifs is 1. The van der Waals surface area contributed by atoms with Gasteiger partial charge in [0.05, 0.1) is 12.7 Å². The molecule has 14 nitrogen and oxygen atoms in total. The van der Waals surface area contributed by atoms with Gasteiger partial charge in [-0.2, -0.15) is 0 Å². The fourth-order valence-corrected chi connectivity index (χ4v) is 4.90. The van der Waals surface area contributed by atoms with Crippen LogP contribution in [0.5, 0.6) is 17.2 Å². The molecule has 222 valence electrons. The molecule has 0 aliphatic carbocycles. The van der Waals surface area contributed by atoms with E-state index < -0.39 is 84.9 Å². The van der Waals surface area contributed by atoms with Crippen molar-refractivity contribution in [2.24, 2.45) is 0 Å². The van der Waals surface area contributed by atoms with E-state index in [9.17, 15) is 45.6 Å². The molecule has 10 atom stereocenters. The van der Waals surface area contributed by atoms with Crippen molar-refractivity contribution in [1.82, 2.24) is 0 Å². The highest BCUT2D eigenvalue weighted by Crippen LogP contribution is 2.37. The fourth-order valence-electron chi connectivity index (χ4n) is 4.90. The SMILES string of the molecule is CC1O[C@@H](Oc2c(-c3ccccc3)oc3cc(O)cc(O)c3c2=O)[C@@H](O)C(O)[C@H]1O[C@@H]1OC(CO)[C@H](O)C(O)C1O. The summed E-state index contributed by atoms with van der Waals surface area (Å²) in [4.78, 5) is 13.5. The van der Waals surface area contributed by atoms with Crippen molar-refractivity contribution >= 4 is 11.0 Å². The van der Waals surface area contributed by atoms with E-state index in [0.29, 0.717) is 5.56 Å². The lowest BCUT2D eigenvalue weighted by atomic mass is 9.97. The summed E-state index contributed by atoms with van der Waals surface area (Å²) >= 11 is 0. The summed E-state index contributed by atoms with van der Waals surface area (Å²) in [5.74, 6) is -1.49. The monoisotopic (exact) mass is 578 g/mol. The largest absolute Gasteiger partial charge is 0.508 e. The molecule has 14 heteroatoms. The van der Waals surface area contributed by atoms with Crippen LogP contribution in [0.2, 0.25) is 0 Å². The van der Waals surface area contributed by atoms with Gasteiger partial charge in [-0.1, -0.05) is 30.3 Å². The molecular weight excluding hydrogens is 548 g/mol. The van der Waals surface area contributed by atoms with Crippen molar-refractivity contribution in [2.75, 3.05) is 6.61 Å². The molecule has 0 radical (unpaired) electrons. The van der Waals surface area contributed by atoms with Crippen LogP contribution in [0.25, 0.3) is 22.3 Å². The molecule has 2 fully saturated rings. The highest BCUT2D eigenvalue weighted by atomic mass is 16.7. The summed E-state index contributed by atoms with van der Waals surface area (Å²) in [6, 6.07) is 10.4. The third-order valence-corrected chi connectivity index (χ3v) is 7.10. The topological polar surface area (TPSA) is 229 Å². The van der Waals surface area contributed by atoms with Crippen LogP contribution in [0.4, 0.5) is 0 Å². The maximum atomic E-state index is 13.5. The molecule has 2 saturated heterocycles. The highest BCUT2D eigenvalue weighted by molar-refractivity contribution is 5.88. The number of aliphatic hydroxyl groups is 6. The zero-order chi connectivity index (χ0) is 29.6. The predicted molar refractivity (Wildman–Crippen MR) is 137 cm³/mol. The molecule has 0 saturated carbocycles. The number of rotatable bonds is 6. The zero-order valence-corrected chi connectivity index (χ0v) is 21.5. The van der Waals surface area contributed by atoms with E-state index in [1.54, 1.807) is 30.3 Å². The molecule has 2 aromatic carbocycles. The van der Waals surface area contributed by atoms with Gasteiger partial charge in [-0.25, -0.2) is 0 Å². The maximum Gasteiger partial charge on any atom is 0.239 e. The molecule has 0 bridgehead atoms. The summed E-state index contributed by atoms with van der Waals surface area (Å²) in [5, 5.41) is 81.5. The minimum Gasteiger partial charge on any atom is -0.508 e. The first-order chi connectivity index (χ1) is 19.5. The van der Waals surface area contributed by atoms with Gasteiger partial charge in [0, 0.05) is 17.7 Å². The first-order valence-corrected chi connectivity index (χ1v) is 12.7. The molecule has 5 unspecified atom stereocenters. The average molecular weight is 579 g/mol. The maximum absolute atomic E-state index is 13.5. The van der Waals surface area contributed by atoms with E-state index in [1.807, 2.05) is 0 Å². The van der Waals surface area contributed by atoms with Crippen molar-refractivity contribution in [3.63, 3.8) is 0 Å². The quantitative estimate of drug-likeness (QED) is 0.174. The minimum absolute atomic E-state index is 0.106. The second-order valence-corrected chi connectivity index (χ2v) is 9.90. The first kappa shape index (κ1) is 29.2. The molecule has 0 amide bonds. The van der Waals surface area contributed by atoms with Gasteiger partial charge < -0.3 is 64.2 Å². The van der Waals surface area contributed by atoms with Gasteiger partial charge in [0.15, 0.2) is 12.1 Å². The molecule has 3 heterocycles. The van der Waals surface area contributed by atoms with Crippen LogP contribution in [0.1, 0.15) is 6.92 Å². The third-order valence-electron chi connectivity index (χ3n) is 7.10. The van der Waals surface area contributed by atoms with Crippen molar-refractivity contribution in [3.05, 3.63) is 52.7 Å². The number of aliphatic hydroxyl groups excluding tert-OH is 6. The van der Waals surface area contributed by atoms with Gasteiger partial charge in [-0.3, -0.25) is 4.79 Å². The van der Waals surface area contributed by atoms with Crippen LogP contribution >= 0.6 is 0 Å². The second kappa shape index (κ2) is 11.5. The summed E-state index contributed by atoms with van der Waals surface area (Å²) in [5.41, 5.74) is -0.600. The first-order valence-electron chi connectivity index (χ1n) is 12.7. The third kappa shape index (κ3) is 5.37. The van der Waals surface area contributed by atoms with Gasteiger partial charge in [-0.05, 0) is 6.92 Å². The number of ether oxygens (including phenoxy) is 4. The van der Waals surface area contributed by atoms with Gasteiger partial charge in [0.25, 0.3) is 0 Å². The highest BCUT2D eigenvalue weighted by Gasteiger charge is 2.50. The van der Waals surface area contributed by atoms with Crippen LogP contribution in [-0.2, 0) is 14.2 Å². The van der Waals surface area contributed by atoms with Crippen molar-refractivity contribution < 1.29 is 64.2 Å². The lowest BCUT2D eigenvalue weighted by Gasteiger charge is -2.45. The minimum atomic E-state index is -1.84. The van der Waals surface area contributed by atoms with Crippen LogP contribution < -0.4 is 10.2 Å². The molecular formula is C27H30O14. The number of aromatic hydroxyl groups is 2. The van der Waals surface area contributed by atoms with Crippen LogP contribution in [-0.4, -0.2) is 109 Å². The Morgan fingerprint density at radius 3 is 2.22 bits per heavy atom. The standard InChI is InChI=1S/C27H30O14/c1-10-23(40-27-21(35)19(33)17(31)15(9-28)39-27)20(34)22(36)26(37-10)41-25-18(32)16-13(30)7-12(29)8-14(16)38-24(25)11-5-3-2-4-6-11/h2-8,10,15,17,19-23,26-31,33-36H,9H2,1H3/t10?,15?,17-,19?,20?,21?,22-,23-,26-,27-/m0/s1. The van der Waals surface area contributed by atoms with Crippen molar-refractivity contribution in [1.29, 1.82) is 0 Å². The van der Waals surface area contributed by atoms with Crippen LogP contribution in [0, 0.1) is 0 Å². The normalized spacial score (nSPS) is 34.0. The van der Waals surface area contributed by atoms with Crippen molar-refractivity contribution in [2.45, 2.75) is 68.3 Å². The predicted octanol–water partition coefficient (Wildman–Crippen LogP) is -1.10. The lowest BCUT2D eigenvalue weighted by Crippen LogP contribution is -2.64. The Kier molecular flexibility index (Phi) is 8.20. The molecule has 0 spiro atoms. The fraction of sp³-hybridized carbons (Fsp3) is 0.444. The molecule has 41 heavy (non-hydrogen) atoms. The van der Waals surface area contributed by atoms with Gasteiger partial charge >= 0.3 is 0 Å². The van der Waals surface area contributed by atoms with Crippen LogP contribution in [0.15, 0.2) is 51.7 Å². The van der Waals surface area contributed by atoms with Gasteiger partial charge in [0.1, 0.15) is 65.2 Å². The Labute approximate surface area is 231 Å². The van der Waals surface area contributed by atoms with E-state index in [1.165, 1.54) is 6.92 Å². The molecule has 1 aromatic heterocycles. The van der Waals surface area contributed by atoms with E-state index in [0.717, 1.165) is 12.1 Å².